The molecule has 4 nitrogen and oxygen atoms in total. The monoisotopic (exact) mass is 476 g/mol. The summed E-state index contributed by atoms with van der Waals surface area (Å²) < 4.78 is 17.7. The molecule has 0 aliphatic carbocycles. The molecule has 0 saturated heterocycles. The quantitative estimate of drug-likeness (QED) is 0.473. The molecule has 0 amide bonds. The van der Waals surface area contributed by atoms with Gasteiger partial charge in [-0.2, -0.15) is 0 Å². The van der Waals surface area contributed by atoms with E-state index in [4.69, 9.17) is 14.2 Å². The Morgan fingerprint density at radius 1 is 1.18 bits per heavy atom. The third kappa shape index (κ3) is 4.13. The molecular weight excluding hydrogens is 463 g/mol. The van der Waals surface area contributed by atoms with Crippen LogP contribution in [-0.2, 0) is 11.3 Å². The zero-order chi connectivity index (χ0) is 16.1. The number of carbonyl (C=O) groups excluding carboxylic acids is 1. The van der Waals surface area contributed by atoms with E-state index < -0.39 is 5.97 Å². The first-order valence-electron chi connectivity index (χ1n) is 6.38. The highest BCUT2D eigenvalue weighted by Crippen LogP contribution is 2.34. The molecule has 0 spiro atoms. The van der Waals surface area contributed by atoms with Gasteiger partial charge in [-0.05, 0) is 52.4 Å². The van der Waals surface area contributed by atoms with Crippen LogP contribution in [0.3, 0.4) is 0 Å². The smallest absolute Gasteiger partial charge is 0.338 e. The molecule has 2 aromatic carbocycles. The normalized spacial score (nSPS) is 10.2. The number of methoxy groups -OCH3 is 2. The Morgan fingerprint density at radius 3 is 2.45 bits per heavy atom. The highest BCUT2D eigenvalue weighted by Gasteiger charge is 2.16. The lowest BCUT2D eigenvalue weighted by atomic mass is 10.2. The summed E-state index contributed by atoms with van der Waals surface area (Å²) in [5, 5.41) is 0. The number of rotatable bonds is 5. The highest BCUT2D eigenvalue weighted by atomic mass is 127. The summed E-state index contributed by atoms with van der Waals surface area (Å²) in [7, 11) is 2.89. The topological polar surface area (TPSA) is 44.8 Å². The summed E-state index contributed by atoms with van der Waals surface area (Å²) >= 11 is 5.51. The minimum atomic E-state index is -0.407. The molecule has 2 rings (SSSR count). The van der Waals surface area contributed by atoms with Crippen LogP contribution in [0.5, 0.6) is 11.5 Å². The van der Waals surface area contributed by atoms with Gasteiger partial charge in [0.05, 0.1) is 23.4 Å². The molecular formula is C16H14BrIO4. The van der Waals surface area contributed by atoms with Crippen LogP contribution in [0.1, 0.15) is 15.9 Å². The van der Waals surface area contributed by atoms with Crippen LogP contribution in [0, 0.1) is 3.57 Å². The van der Waals surface area contributed by atoms with E-state index in [0.29, 0.717) is 23.7 Å². The average Bonchev–Trinajstić information content (AvgIpc) is 2.53. The molecule has 0 aliphatic heterocycles. The van der Waals surface area contributed by atoms with E-state index in [-0.39, 0.29) is 0 Å². The summed E-state index contributed by atoms with van der Waals surface area (Å²) in [6.07, 6.45) is 0. The molecule has 116 valence electrons. The summed E-state index contributed by atoms with van der Waals surface area (Å²) in [4.78, 5) is 11.6. The fourth-order valence-electron chi connectivity index (χ4n) is 1.83. The van der Waals surface area contributed by atoms with Crippen molar-refractivity contribution in [3.05, 3.63) is 55.6 Å². The minimum absolute atomic E-state index is 0.407. The number of esters is 1. The SMILES string of the molecule is COC(=O)c1cc(I)c(OCc2ccc(Br)cc2)c(OC)c1. The predicted octanol–water partition coefficient (Wildman–Crippen LogP) is 4.43. The number of halogens is 2. The Morgan fingerprint density at radius 2 is 1.86 bits per heavy atom. The lowest BCUT2D eigenvalue weighted by Crippen LogP contribution is -2.05. The van der Waals surface area contributed by atoms with Gasteiger partial charge in [0.2, 0.25) is 0 Å². The maximum atomic E-state index is 11.6. The van der Waals surface area contributed by atoms with E-state index in [9.17, 15) is 4.79 Å². The van der Waals surface area contributed by atoms with E-state index in [0.717, 1.165) is 13.6 Å². The zero-order valence-electron chi connectivity index (χ0n) is 12.1. The van der Waals surface area contributed by atoms with Crippen LogP contribution < -0.4 is 9.47 Å². The largest absolute Gasteiger partial charge is 0.493 e. The third-order valence-corrected chi connectivity index (χ3v) is 4.28. The summed E-state index contributed by atoms with van der Waals surface area (Å²) in [6, 6.07) is 11.2. The average molecular weight is 477 g/mol. The van der Waals surface area contributed by atoms with E-state index >= 15 is 0 Å². The molecule has 0 radical (unpaired) electrons. The Bertz CT molecular complexity index is 671. The maximum absolute atomic E-state index is 11.6. The Labute approximate surface area is 151 Å². The molecule has 0 bridgehead atoms. The fourth-order valence-corrected chi connectivity index (χ4v) is 2.85. The van der Waals surface area contributed by atoms with Gasteiger partial charge >= 0.3 is 5.97 Å². The lowest BCUT2D eigenvalue weighted by Gasteiger charge is -2.14. The second kappa shape index (κ2) is 7.82. The van der Waals surface area contributed by atoms with Crippen LogP contribution >= 0.6 is 38.5 Å². The van der Waals surface area contributed by atoms with Crippen molar-refractivity contribution in [2.45, 2.75) is 6.61 Å². The van der Waals surface area contributed by atoms with Crippen LogP contribution in [-0.4, -0.2) is 20.2 Å². The van der Waals surface area contributed by atoms with Gasteiger partial charge < -0.3 is 14.2 Å². The van der Waals surface area contributed by atoms with Crippen LogP contribution in [0.15, 0.2) is 40.9 Å². The van der Waals surface area contributed by atoms with Crippen molar-refractivity contribution in [1.82, 2.24) is 0 Å². The molecule has 2 aromatic rings. The van der Waals surface area contributed by atoms with Crippen molar-refractivity contribution in [3.8, 4) is 11.5 Å². The zero-order valence-corrected chi connectivity index (χ0v) is 15.8. The fraction of sp³-hybridized carbons (Fsp3) is 0.188. The van der Waals surface area contributed by atoms with Gasteiger partial charge in [-0.25, -0.2) is 4.79 Å². The van der Waals surface area contributed by atoms with E-state index in [1.54, 1.807) is 19.2 Å². The van der Waals surface area contributed by atoms with Crippen molar-refractivity contribution in [3.63, 3.8) is 0 Å². The molecule has 0 atom stereocenters. The van der Waals surface area contributed by atoms with Crippen molar-refractivity contribution in [2.75, 3.05) is 14.2 Å². The molecule has 0 unspecified atom stereocenters. The van der Waals surface area contributed by atoms with Gasteiger partial charge in [-0.3, -0.25) is 0 Å². The summed E-state index contributed by atoms with van der Waals surface area (Å²) in [5.74, 6) is 0.707. The standard InChI is InChI=1S/C16H14BrIO4/c1-20-14-8-11(16(19)21-2)7-13(18)15(14)22-9-10-3-5-12(17)6-4-10/h3-8H,9H2,1-2H3. The molecule has 22 heavy (non-hydrogen) atoms. The summed E-state index contributed by atoms with van der Waals surface area (Å²) in [5.41, 5.74) is 1.47. The minimum Gasteiger partial charge on any atom is -0.493 e. The van der Waals surface area contributed by atoms with Gasteiger partial charge in [0.15, 0.2) is 11.5 Å². The number of ether oxygens (including phenoxy) is 3. The molecule has 0 fully saturated rings. The number of benzene rings is 2. The van der Waals surface area contributed by atoms with E-state index in [1.807, 2.05) is 24.3 Å². The highest BCUT2D eigenvalue weighted by molar-refractivity contribution is 14.1. The Balaban J connectivity index is 2.23. The van der Waals surface area contributed by atoms with Gasteiger partial charge in [0.1, 0.15) is 6.61 Å². The molecule has 0 heterocycles. The van der Waals surface area contributed by atoms with Crippen LogP contribution in [0.2, 0.25) is 0 Å². The second-order valence-electron chi connectivity index (χ2n) is 4.40. The van der Waals surface area contributed by atoms with Crippen LogP contribution in [0.4, 0.5) is 0 Å². The molecule has 0 aromatic heterocycles. The van der Waals surface area contributed by atoms with Gasteiger partial charge in [-0.15, -0.1) is 0 Å². The Kier molecular flexibility index (Phi) is 6.07. The van der Waals surface area contributed by atoms with Crippen molar-refractivity contribution >= 4 is 44.5 Å². The third-order valence-electron chi connectivity index (χ3n) is 2.95. The molecule has 0 aliphatic rings. The molecule has 0 N–H and O–H groups in total. The van der Waals surface area contributed by atoms with Crippen molar-refractivity contribution < 1.29 is 19.0 Å². The first-order chi connectivity index (χ1) is 10.5. The summed E-state index contributed by atoms with van der Waals surface area (Å²) in [6.45, 7) is 0.414. The van der Waals surface area contributed by atoms with Crippen LogP contribution in [0.25, 0.3) is 0 Å². The lowest BCUT2D eigenvalue weighted by molar-refractivity contribution is 0.0600. The van der Waals surface area contributed by atoms with Gasteiger partial charge in [0, 0.05) is 4.47 Å². The van der Waals surface area contributed by atoms with E-state index in [1.165, 1.54) is 7.11 Å². The van der Waals surface area contributed by atoms with Gasteiger partial charge in [0.25, 0.3) is 0 Å². The second-order valence-corrected chi connectivity index (χ2v) is 6.47. The van der Waals surface area contributed by atoms with Crippen molar-refractivity contribution in [1.29, 1.82) is 0 Å². The number of carbonyl (C=O) groups is 1. The molecule has 0 saturated carbocycles. The number of hydrogen-bond donors (Lipinski definition) is 0. The first kappa shape index (κ1) is 17.1. The predicted molar refractivity (Wildman–Crippen MR) is 95.5 cm³/mol. The van der Waals surface area contributed by atoms with Crippen molar-refractivity contribution in [2.24, 2.45) is 0 Å². The van der Waals surface area contributed by atoms with Gasteiger partial charge in [-0.1, -0.05) is 28.1 Å². The first-order valence-corrected chi connectivity index (χ1v) is 8.25. The maximum Gasteiger partial charge on any atom is 0.338 e. The Hall–Kier alpha value is -1.28. The van der Waals surface area contributed by atoms with E-state index in [2.05, 4.69) is 38.5 Å². The molecule has 6 heteroatoms. The number of hydrogen-bond acceptors (Lipinski definition) is 4.